The smallest absolute Gasteiger partial charge is 0.254 e. The van der Waals surface area contributed by atoms with Gasteiger partial charge in [0.05, 0.1) is 11.8 Å². The van der Waals surface area contributed by atoms with Crippen molar-refractivity contribution in [1.29, 1.82) is 0 Å². The summed E-state index contributed by atoms with van der Waals surface area (Å²) in [6, 6.07) is 7.41. The summed E-state index contributed by atoms with van der Waals surface area (Å²) in [4.78, 5) is 12.0. The molecule has 1 amide bonds. The number of aliphatic hydroxyl groups is 1. The summed E-state index contributed by atoms with van der Waals surface area (Å²) in [5, 5.41) is 12.6. The van der Waals surface area contributed by atoms with E-state index in [1.54, 1.807) is 32.0 Å². The first-order valence-corrected chi connectivity index (χ1v) is 6.76. The molecule has 0 saturated heterocycles. The summed E-state index contributed by atoms with van der Waals surface area (Å²) in [7, 11) is 0. The first-order valence-electron chi connectivity index (χ1n) is 6.76. The van der Waals surface area contributed by atoms with Gasteiger partial charge in [-0.1, -0.05) is 11.6 Å². The maximum absolute atomic E-state index is 13.6. The molecule has 1 aromatic heterocycles. The summed E-state index contributed by atoms with van der Waals surface area (Å²) in [6.07, 6.45) is 0.953. The fraction of sp³-hybridized carbons (Fsp3) is 0.312. The molecule has 21 heavy (non-hydrogen) atoms. The van der Waals surface area contributed by atoms with Crippen LogP contribution in [0.1, 0.15) is 41.1 Å². The highest BCUT2D eigenvalue weighted by Crippen LogP contribution is 2.19. The third-order valence-electron chi connectivity index (χ3n) is 3.19. The van der Waals surface area contributed by atoms with Crippen molar-refractivity contribution in [2.24, 2.45) is 0 Å². The van der Waals surface area contributed by atoms with Gasteiger partial charge in [-0.05, 0) is 38.1 Å². The van der Waals surface area contributed by atoms with Crippen LogP contribution in [0.15, 0.2) is 41.0 Å². The summed E-state index contributed by atoms with van der Waals surface area (Å²) in [5.74, 6) is -0.606. The number of nitrogens with one attached hydrogen (secondary N) is 1. The first kappa shape index (κ1) is 15.3. The Morgan fingerprint density at radius 3 is 2.86 bits per heavy atom. The van der Waals surface area contributed by atoms with Crippen molar-refractivity contribution >= 4 is 5.91 Å². The lowest BCUT2D eigenvalue weighted by molar-refractivity contribution is 0.0899. The van der Waals surface area contributed by atoms with E-state index < -0.39 is 17.8 Å². The zero-order chi connectivity index (χ0) is 15.4. The molecule has 112 valence electrons. The van der Waals surface area contributed by atoms with Crippen molar-refractivity contribution < 1.29 is 18.7 Å². The zero-order valence-electron chi connectivity index (χ0n) is 12.0. The maximum Gasteiger partial charge on any atom is 0.254 e. The Labute approximate surface area is 122 Å². The van der Waals surface area contributed by atoms with Gasteiger partial charge >= 0.3 is 0 Å². The lowest BCUT2D eigenvalue weighted by Gasteiger charge is -2.17. The van der Waals surface area contributed by atoms with Crippen LogP contribution in [0, 0.1) is 12.7 Å². The average Bonchev–Trinajstić information content (AvgIpc) is 2.95. The second-order valence-corrected chi connectivity index (χ2v) is 5.12. The van der Waals surface area contributed by atoms with Crippen molar-refractivity contribution in [3.63, 3.8) is 0 Å². The molecule has 0 aliphatic carbocycles. The van der Waals surface area contributed by atoms with Gasteiger partial charge in [0, 0.05) is 12.5 Å². The minimum absolute atomic E-state index is 0.00865. The van der Waals surface area contributed by atoms with E-state index >= 15 is 0 Å². The van der Waals surface area contributed by atoms with E-state index in [1.165, 1.54) is 18.4 Å². The molecule has 1 aromatic carbocycles. The third-order valence-corrected chi connectivity index (χ3v) is 3.19. The number of hydrogen-bond donors (Lipinski definition) is 2. The molecule has 0 fully saturated rings. The number of amides is 1. The number of hydrogen-bond acceptors (Lipinski definition) is 3. The number of halogens is 1. The van der Waals surface area contributed by atoms with Crippen LogP contribution in [0.3, 0.4) is 0 Å². The van der Waals surface area contributed by atoms with E-state index in [-0.39, 0.29) is 18.0 Å². The SMILES string of the molecule is Cc1ccc(F)c(C(=O)NC(C)CC(O)c2ccco2)c1. The highest BCUT2D eigenvalue weighted by molar-refractivity contribution is 5.94. The predicted molar refractivity (Wildman–Crippen MR) is 76.4 cm³/mol. The van der Waals surface area contributed by atoms with E-state index in [1.807, 2.05) is 0 Å². The van der Waals surface area contributed by atoms with Gasteiger partial charge < -0.3 is 14.8 Å². The molecule has 2 aromatic rings. The Hall–Kier alpha value is -2.14. The average molecular weight is 291 g/mol. The van der Waals surface area contributed by atoms with Crippen LogP contribution >= 0.6 is 0 Å². The predicted octanol–water partition coefficient (Wildman–Crippen LogP) is 2.97. The van der Waals surface area contributed by atoms with Crippen LogP contribution in [0.2, 0.25) is 0 Å². The highest BCUT2D eigenvalue weighted by Gasteiger charge is 2.18. The minimum Gasteiger partial charge on any atom is -0.467 e. The lowest BCUT2D eigenvalue weighted by atomic mass is 10.1. The van der Waals surface area contributed by atoms with Gasteiger partial charge in [-0.3, -0.25) is 4.79 Å². The highest BCUT2D eigenvalue weighted by atomic mass is 19.1. The van der Waals surface area contributed by atoms with Crippen molar-refractivity contribution in [3.8, 4) is 0 Å². The minimum atomic E-state index is -0.808. The fourth-order valence-electron chi connectivity index (χ4n) is 2.11. The van der Waals surface area contributed by atoms with Gasteiger partial charge in [0.25, 0.3) is 5.91 Å². The van der Waals surface area contributed by atoms with Crippen LogP contribution < -0.4 is 5.32 Å². The Morgan fingerprint density at radius 2 is 2.19 bits per heavy atom. The normalized spacial score (nSPS) is 13.7. The standard InChI is InChI=1S/C16H18FNO3/c1-10-5-6-13(17)12(8-10)16(20)18-11(2)9-14(19)15-4-3-7-21-15/h3-8,11,14,19H,9H2,1-2H3,(H,18,20). The molecule has 0 aliphatic rings. The largest absolute Gasteiger partial charge is 0.467 e. The number of carbonyl (C=O) groups is 1. The van der Waals surface area contributed by atoms with Crippen molar-refractivity contribution in [2.45, 2.75) is 32.4 Å². The van der Waals surface area contributed by atoms with E-state index in [0.717, 1.165) is 5.56 Å². The Bertz CT molecular complexity index is 610. The fourth-order valence-corrected chi connectivity index (χ4v) is 2.11. The monoisotopic (exact) mass is 291 g/mol. The van der Waals surface area contributed by atoms with Crippen LogP contribution in [-0.2, 0) is 0 Å². The number of aliphatic hydroxyl groups excluding tert-OH is 1. The molecule has 5 heteroatoms. The molecule has 2 atom stereocenters. The third kappa shape index (κ3) is 3.92. The van der Waals surface area contributed by atoms with Crippen LogP contribution in [0.25, 0.3) is 0 Å². The van der Waals surface area contributed by atoms with Crippen molar-refractivity contribution in [3.05, 3.63) is 59.3 Å². The van der Waals surface area contributed by atoms with Gasteiger partial charge in [-0.2, -0.15) is 0 Å². The van der Waals surface area contributed by atoms with Crippen LogP contribution in [0.5, 0.6) is 0 Å². The second kappa shape index (κ2) is 6.54. The number of carbonyl (C=O) groups excluding carboxylic acids is 1. The Morgan fingerprint density at radius 1 is 1.43 bits per heavy atom. The summed E-state index contributed by atoms with van der Waals surface area (Å²) < 4.78 is 18.7. The molecular formula is C16H18FNO3. The Balaban J connectivity index is 1.97. The van der Waals surface area contributed by atoms with E-state index in [2.05, 4.69) is 5.32 Å². The quantitative estimate of drug-likeness (QED) is 0.890. The molecule has 4 nitrogen and oxygen atoms in total. The summed E-state index contributed by atoms with van der Waals surface area (Å²) in [6.45, 7) is 3.54. The Kier molecular flexibility index (Phi) is 4.75. The molecule has 0 radical (unpaired) electrons. The second-order valence-electron chi connectivity index (χ2n) is 5.12. The van der Waals surface area contributed by atoms with Gasteiger partial charge in [0.1, 0.15) is 17.7 Å². The number of furan rings is 1. The van der Waals surface area contributed by atoms with Gasteiger partial charge in [-0.25, -0.2) is 4.39 Å². The number of aryl methyl sites for hydroxylation is 1. The molecule has 2 N–H and O–H groups in total. The van der Waals surface area contributed by atoms with Crippen LogP contribution in [0.4, 0.5) is 4.39 Å². The number of benzene rings is 1. The topological polar surface area (TPSA) is 62.5 Å². The van der Waals surface area contributed by atoms with Gasteiger partial charge in [-0.15, -0.1) is 0 Å². The molecule has 0 bridgehead atoms. The van der Waals surface area contributed by atoms with Crippen molar-refractivity contribution in [2.75, 3.05) is 0 Å². The van der Waals surface area contributed by atoms with E-state index in [9.17, 15) is 14.3 Å². The van der Waals surface area contributed by atoms with E-state index in [4.69, 9.17) is 4.42 Å². The van der Waals surface area contributed by atoms with Gasteiger partial charge in [0.15, 0.2) is 0 Å². The van der Waals surface area contributed by atoms with Crippen LogP contribution in [-0.4, -0.2) is 17.1 Å². The van der Waals surface area contributed by atoms with E-state index in [0.29, 0.717) is 5.76 Å². The molecule has 0 saturated carbocycles. The molecule has 2 unspecified atom stereocenters. The molecule has 0 spiro atoms. The molecular weight excluding hydrogens is 273 g/mol. The van der Waals surface area contributed by atoms with Gasteiger partial charge in [0.2, 0.25) is 0 Å². The molecule has 2 rings (SSSR count). The maximum atomic E-state index is 13.6. The zero-order valence-corrected chi connectivity index (χ0v) is 12.0. The number of rotatable bonds is 5. The summed E-state index contributed by atoms with van der Waals surface area (Å²) in [5.41, 5.74) is 0.819. The molecule has 0 aliphatic heterocycles. The molecule has 1 heterocycles. The lowest BCUT2D eigenvalue weighted by Crippen LogP contribution is -2.34. The summed E-state index contributed by atoms with van der Waals surface area (Å²) >= 11 is 0. The first-order chi connectivity index (χ1) is 9.97. The van der Waals surface area contributed by atoms with Crippen molar-refractivity contribution in [1.82, 2.24) is 5.32 Å².